The molecular weight excluding hydrogens is 394 g/mol. The Kier molecular flexibility index (Phi) is 6.53. The van der Waals surface area contributed by atoms with E-state index in [0.717, 1.165) is 4.88 Å². The van der Waals surface area contributed by atoms with E-state index in [1.807, 2.05) is 17.5 Å². The zero-order valence-corrected chi connectivity index (χ0v) is 18.0. The lowest BCUT2D eigenvalue weighted by atomic mass is 10.2. The Morgan fingerprint density at radius 2 is 2.03 bits per heavy atom. The SMILES string of the molecule is CC(NC(=O)OC(C)(C)C)C(=O)N1CCN(Cc2nc(-c3cccs3)no2)CC1. The molecule has 2 aromatic rings. The molecule has 9 nitrogen and oxygen atoms in total. The molecule has 0 spiro atoms. The van der Waals surface area contributed by atoms with E-state index in [1.165, 1.54) is 0 Å². The number of nitrogens with one attached hydrogen (secondary N) is 1. The smallest absolute Gasteiger partial charge is 0.408 e. The summed E-state index contributed by atoms with van der Waals surface area (Å²) in [6.07, 6.45) is -0.588. The van der Waals surface area contributed by atoms with Gasteiger partial charge < -0.3 is 19.5 Å². The number of nitrogens with zero attached hydrogens (tertiary/aromatic N) is 4. The normalized spacial score (nSPS) is 16.5. The molecular formula is C19H27N5O4S. The van der Waals surface area contributed by atoms with E-state index in [4.69, 9.17) is 9.26 Å². The number of piperazine rings is 1. The molecule has 0 aromatic carbocycles. The molecule has 1 atom stereocenters. The van der Waals surface area contributed by atoms with Gasteiger partial charge in [0, 0.05) is 26.2 Å². The van der Waals surface area contributed by atoms with Crippen LogP contribution in [0.5, 0.6) is 0 Å². The molecule has 1 saturated heterocycles. The van der Waals surface area contributed by atoms with Gasteiger partial charge in [-0.25, -0.2) is 4.79 Å². The van der Waals surface area contributed by atoms with Crippen LogP contribution in [0.25, 0.3) is 10.7 Å². The molecule has 1 N–H and O–H groups in total. The summed E-state index contributed by atoms with van der Waals surface area (Å²) in [7, 11) is 0. The highest BCUT2D eigenvalue weighted by Crippen LogP contribution is 2.21. The van der Waals surface area contributed by atoms with Gasteiger partial charge in [-0.1, -0.05) is 11.2 Å². The Hall–Kier alpha value is -2.46. The van der Waals surface area contributed by atoms with Crippen molar-refractivity contribution in [2.24, 2.45) is 0 Å². The largest absolute Gasteiger partial charge is 0.444 e. The van der Waals surface area contributed by atoms with E-state index in [-0.39, 0.29) is 5.91 Å². The van der Waals surface area contributed by atoms with Crippen LogP contribution in [-0.4, -0.2) is 69.8 Å². The Bertz CT molecular complexity index is 822. The third kappa shape index (κ3) is 6.01. The zero-order chi connectivity index (χ0) is 21.0. The van der Waals surface area contributed by atoms with Gasteiger partial charge in [-0.2, -0.15) is 4.98 Å². The highest BCUT2D eigenvalue weighted by Gasteiger charge is 2.28. The molecule has 1 aliphatic heterocycles. The van der Waals surface area contributed by atoms with Gasteiger partial charge >= 0.3 is 6.09 Å². The zero-order valence-electron chi connectivity index (χ0n) is 17.2. The molecule has 1 aliphatic rings. The molecule has 10 heteroatoms. The molecule has 3 heterocycles. The van der Waals surface area contributed by atoms with Crippen LogP contribution in [0.15, 0.2) is 22.0 Å². The van der Waals surface area contributed by atoms with Crippen molar-refractivity contribution >= 4 is 23.3 Å². The number of thiophene rings is 1. The number of hydrogen-bond acceptors (Lipinski definition) is 8. The van der Waals surface area contributed by atoms with Gasteiger partial charge in [-0.15, -0.1) is 11.3 Å². The van der Waals surface area contributed by atoms with Crippen LogP contribution < -0.4 is 5.32 Å². The quantitative estimate of drug-likeness (QED) is 0.791. The predicted molar refractivity (Wildman–Crippen MR) is 108 cm³/mol. The summed E-state index contributed by atoms with van der Waals surface area (Å²) in [6.45, 7) is 10.1. The van der Waals surface area contributed by atoms with Crippen LogP contribution in [0.1, 0.15) is 33.6 Å². The molecule has 1 fully saturated rings. The maximum absolute atomic E-state index is 12.6. The Morgan fingerprint density at radius 3 is 2.66 bits per heavy atom. The first-order chi connectivity index (χ1) is 13.7. The summed E-state index contributed by atoms with van der Waals surface area (Å²) in [5, 5.41) is 8.60. The highest BCUT2D eigenvalue weighted by atomic mass is 32.1. The van der Waals surface area contributed by atoms with Gasteiger partial charge in [-0.3, -0.25) is 9.69 Å². The average Bonchev–Trinajstić information content (AvgIpc) is 3.31. The van der Waals surface area contributed by atoms with Crippen molar-refractivity contribution in [1.82, 2.24) is 25.3 Å². The average molecular weight is 422 g/mol. The second-order valence-corrected chi connectivity index (χ2v) is 8.91. The van der Waals surface area contributed by atoms with E-state index < -0.39 is 17.7 Å². The predicted octanol–water partition coefficient (Wildman–Crippen LogP) is 2.36. The van der Waals surface area contributed by atoms with E-state index in [0.29, 0.717) is 44.4 Å². The summed E-state index contributed by atoms with van der Waals surface area (Å²) < 4.78 is 10.6. The third-order valence-electron chi connectivity index (χ3n) is 4.36. The monoisotopic (exact) mass is 421 g/mol. The molecule has 1 unspecified atom stereocenters. The fourth-order valence-corrected chi connectivity index (χ4v) is 3.61. The van der Waals surface area contributed by atoms with Crippen LogP contribution in [0, 0.1) is 0 Å². The summed E-state index contributed by atoms with van der Waals surface area (Å²) in [5.41, 5.74) is -0.601. The van der Waals surface area contributed by atoms with Gasteiger partial charge in [0.05, 0.1) is 11.4 Å². The lowest BCUT2D eigenvalue weighted by Gasteiger charge is -2.35. The first-order valence-corrected chi connectivity index (χ1v) is 10.5. The van der Waals surface area contributed by atoms with Gasteiger partial charge in [0.15, 0.2) is 0 Å². The first-order valence-electron chi connectivity index (χ1n) is 9.58. The van der Waals surface area contributed by atoms with Gasteiger partial charge in [-0.05, 0) is 39.1 Å². The van der Waals surface area contributed by atoms with Crippen LogP contribution >= 0.6 is 11.3 Å². The lowest BCUT2D eigenvalue weighted by molar-refractivity contribution is -0.134. The topological polar surface area (TPSA) is 101 Å². The maximum atomic E-state index is 12.6. The van der Waals surface area contributed by atoms with E-state index in [1.54, 1.807) is 43.9 Å². The summed E-state index contributed by atoms with van der Waals surface area (Å²) in [6, 6.07) is 3.27. The highest BCUT2D eigenvalue weighted by molar-refractivity contribution is 7.13. The van der Waals surface area contributed by atoms with E-state index in [9.17, 15) is 9.59 Å². The van der Waals surface area contributed by atoms with Gasteiger partial charge in [0.1, 0.15) is 11.6 Å². The molecule has 29 heavy (non-hydrogen) atoms. The molecule has 0 bridgehead atoms. The second kappa shape index (κ2) is 8.91. The minimum Gasteiger partial charge on any atom is -0.444 e. The number of alkyl carbamates (subject to hydrolysis) is 1. The van der Waals surface area contributed by atoms with Crippen LogP contribution in [0.4, 0.5) is 4.79 Å². The third-order valence-corrected chi connectivity index (χ3v) is 5.22. The van der Waals surface area contributed by atoms with Crippen molar-refractivity contribution in [1.29, 1.82) is 0 Å². The molecule has 3 rings (SSSR count). The summed E-state index contributed by atoms with van der Waals surface area (Å²) in [5.74, 6) is 1.05. The number of carbonyl (C=O) groups is 2. The number of amides is 2. The van der Waals surface area contributed by atoms with Crippen molar-refractivity contribution < 1.29 is 18.8 Å². The molecule has 158 valence electrons. The molecule has 0 radical (unpaired) electrons. The second-order valence-electron chi connectivity index (χ2n) is 7.96. The minimum atomic E-state index is -0.638. The Morgan fingerprint density at radius 1 is 1.31 bits per heavy atom. The summed E-state index contributed by atoms with van der Waals surface area (Å²) >= 11 is 1.57. The molecule has 0 saturated carbocycles. The van der Waals surface area contributed by atoms with Crippen molar-refractivity contribution in [3.63, 3.8) is 0 Å². The fraction of sp³-hybridized carbons (Fsp3) is 0.579. The number of ether oxygens (including phenoxy) is 1. The fourth-order valence-electron chi connectivity index (χ4n) is 2.96. The number of carbonyl (C=O) groups excluding carboxylic acids is 2. The Labute approximate surface area is 174 Å². The van der Waals surface area contributed by atoms with E-state index >= 15 is 0 Å². The van der Waals surface area contributed by atoms with E-state index in [2.05, 4.69) is 20.4 Å². The van der Waals surface area contributed by atoms with Crippen LogP contribution in [0.3, 0.4) is 0 Å². The van der Waals surface area contributed by atoms with Crippen molar-refractivity contribution in [2.75, 3.05) is 26.2 Å². The lowest BCUT2D eigenvalue weighted by Crippen LogP contribution is -2.54. The number of hydrogen-bond donors (Lipinski definition) is 1. The molecule has 2 amide bonds. The van der Waals surface area contributed by atoms with Crippen molar-refractivity contribution in [3.05, 3.63) is 23.4 Å². The van der Waals surface area contributed by atoms with Gasteiger partial charge in [0.25, 0.3) is 0 Å². The van der Waals surface area contributed by atoms with Crippen molar-refractivity contribution in [3.8, 4) is 10.7 Å². The Balaban J connectivity index is 1.45. The maximum Gasteiger partial charge on any atom is 0.408 e. The number of aromatic nitrogens is 2. The van der Waals surface area contributed by atoms with Crippen molar-refractivity contribution in [2.45, 2.75) is 45.9 Å². The first kappa shape index (κ1) is 21.3. The van der Waals surface area contributed by atoms with Gasteiger partial charge in [0.2, 0.25) is 17.6 Å². The van der Waals surface area contributed by atoms with Crippen LogP contribution in [-0.2, 0) is 16.1 Å². The molecule has 2 aromatic heterocycles. The van der Waals surface area contributed by atoms with Crippen LogP contribution in [0.2, 0.25) is 0 Å². The minimum absolute atomic E-state index is 0.117. The molecule has 0 aliphatic carbocycles. The standard InChI is InChI=1S/C19H27N5O4S/c1-13(20-18(26)27-19(2,3)4)17(25)24-9-7-23(8-10-24)12-15-21-16(22-28-15)14-6-5-11-29-14/h5-6,11,13H,7-10,12H2,1-4H3,(H,20,26). The summed E-state index contributed by atoms with van der Waals surface area (Å²) in [4.78, 5) is 33.8. The number of rotatable bonds is 5.